The molecular formula is C20H15N3O4. The van der Waals surface area contributed by atoms with Gasteiger partial charge in [-0.3, -0.25) is 14.9 Å². The Kier molecular flexibility index (Phi) is 4.99. The van der Waals surface area contributed by atoms with E-state index in [-0.39, 0.29) is 23.6 Å². The maximum atomic E-state index is 12.0. The lowest BCUT2D eigenvalue weighted by Gasteiger charge is -2.10. The number of nitrogens with one attached hydrogen (secondary N) is 1. The zero-order chi connectivity index (χ0) is 19.4. The topological polar surface area (TPSA) is 109 Å². The molecule has 0 amide bonds. The van der Waals surface area contributed by atoms with Gasteiger partial charge in [-0.2, -0.15) is 5.26 Å². The Balaban J connectivity index is 2.01. The molecule has 0 atom stereocenters. The van der Waals surface area contributed by atoms with Crippen molar-refractivity contribution in [3.8, 4) is 22.9 Å². The van der Waals surface area contributed by atoms with Crippen LogP contribution in [-0.4, -0.2) is 9.91 Å². The van der Waals surface area contributed by atoms with Crippen molar-refractivity contribution in [3.05, 3.63) is 91.9 Å². The van der Waals surface area contributed by atoms with Crippen molar-refractivity contribution in [2.75, 3.05) is 0 Å². The fourth-order valence-corrected chi connectivity index (χ4v) is 2.71. The van der Waals surface area contributed by atoms with Gasteiger partial charge in [-0.05, 0) is 30.2 Å². The van der Waals surface area contributed by atoms with Gasteiger partial charge in [0.1, 0.15) is 18.2 Å². The maximum Gasteiger partial charge on any atom is 0.311 e. The van der Waals surface area contributed by atoms with Crippen LogP contribution in [0.15, 0.2) is 59.4 Å². The minimum absolute atomic E-state index is 0.0900. The normalized spacial score (nSPS) is 10.2. The molecule has 7 nitrogen and oxygen atoms in total. The van der Waals surface area contributed by atoms with E-state index in [0.29, 0.717) is 16.8 Å². The Morgan fingerprint density at radius 3 is 2.59 bits per heavy atom. The van der Waals surface area contributed by atoms with E-state index in [1.165, 1.54) is 12.1 Å². The second-order valence-corrected chi connectivity index (χ2v) is 5.90. The Bertz CT molecular complexity index is 1100. The molecule has 1 N–H and O–H groups in total. The number of ether oxygens (including phenoxy) is 1. The molecule has 0 bridgehead atoms. The number of rotatable bonds is 5. The highest BCUT2D eigenvalue weighted by atomic mass is 16.6. The molecular weight excluding hydrogens is 346 g/mol. The molecule has 0 fully saturated rings. The van der Waals surface area contributed by atoms with E-state index in [1.54, 1.807) is 19.1 Å². The van der Waals surface area contributed by atoms with Crippen molar-refractivity contribution in [1.82, 2.24) is 4.98 Å². The molecule has 0 saturated carbocycles. The lowest BCUT2D eigenvalue weighted by Crippen LogP contribution is -2.12. The van der Waals surface area contributed by atoms with E-state index in [2.05, 4.69) is 4.98 Å². The van der Waals surface area contributed by atoms with Gasteiger partial charge in [0.15, 0.2) is 5.75 Å². The van der Waals surface area contributed by atoms with Gasteiger partial charge in [0.25, 0.3) is 5.56 Å². The summed E-state index contributed by atoms with van der Waals surface area (Å²) in [4.78, 5) is 25.5. The fraction of sp³-hybridized carbons (Fsp3) is 0.100. The third-order valence-corrected chi connectivity index (χ3v) is 3.98. The van der Waals surface area contributed by atoms with Crippen LogP contribution in [0.2, 0.25) is 0 Å². The van der Waals surface area contributed by atoms with Crippen molar-refractivity contribution in [1.29, 1.82) is 5.26 Å². The highest BCUT2D eigenvalue weighted by Gasteiger charge is 2.19. The van der Waals surface area contributed by atoms with Crippen LogP contribution in [0, 0.1) is 28.4 Å². The van der Waals surface area contributed by atoms with Crippen LogP contribution in [0.3, 0.4) is 0 Å². The molecule has 3 aromatic rings. The molecule has 27 heavy (non-hydrogen) atoms. The molecule has 0 aliphatic heterocycles. The summed E-state index contributed by atoms with van der Waals surface area (Å²) in [7, 11) is 0. The molecule has 0 saturated heterocycles. The minimum atomic E-state index is -0.546. The third kappa shape index (κ3) is 3.85. The predicted octanol–water partition coefficient (Wildman–Crippen LogP) is 3.71. The number of hydrogen-bond acceptors (Lipinski definition) is 5. The summed E-state index contributed by atoms with van der Waals surface area (Å²) >= 11 is 0. The first kappa shape index (κ1) is 17.9. The second kappa shape index (κ2) is 7.54. The maximum absolute atomic E-state index is 12.0. The van der Waals surface area contributed by atoms with E-state index in [4.69, 9.17) is 4.74 Å². The Morgan fingerprint density at radius 1 is 1.19 bits per heavy atom. The summed E-state index contributed by atoms with van der Waals surface area (Å²) in [5.41, 5.74) is 1.34. The molecule has 3 rings (SSSR count). The fourth-order valence-electron chi connectivity index (χ4n) is 2.71. The smallest absolute Gasteiger partial charge is 0.311 e. The van der Waals surface area contributed by atoms with Gasteiger partial charge in [0, 0.05) is 17.3 Å². The van der Waals surface area contributed by atoms with Crippen molar-refractivity contribution >= 4 is 5.69 Å². The summed E-state index contributed by atoms with van der Waals surface area (Å²) in [6.45, 7) is 1.87. The van der Waals surface area contributed by atoms with Gasteiger partial charge in [-0.25, -0.2) is 0 Å². The average Bonchev–Trinajstić information content (AvgIpc) is 2.66. The van der Waals surface area contributed by atoms with Gasteiger partial charge in [0.2, 0.25) is 0 Å². The van der Waals surface area contributed by atoms with Crippen molar-refractivity contribution < 1.29 is 9.66 Å². The number of nitro benzene ring substituents is 1. The number of H-pyrrole nitrogens is 1. The summed E-state index contributed by atoms with van der Waals surface area (Å²) in [5, 5.41) is 20.8. The average molecular weight is 361 g/mol. The first-order chi connectivity index (χ1) is 13.0. The van der Waals surface area contributed by atoms with E-state index in [9.17, 15) is 20.2 Å². The SMILES string of the molecule is Cc1cc(-c2ccc(OCc3ccccc3)c([N+](=O)[O-])c2)c(C#N)c(=O)[nH]1. The highest BCUT2D eigenvalue weighted by molar-refractivity contribution is 5.73. The van der Waals surface area contributed by atoms with Crippen LogP contribution < -0.4 is 10.3 Å². The van der Waals surface area contributed by atoms with Gasteiger partial charge in [0.05, 0.1) is 4.92 Å². The van der Waals surface area contributed by atoms with Gasteiger partial charge in [-0.15, -0.1) is 0 Å². The number of nitriles is 1. The number of aromatic nitrogens is 1. The third-order valence-electron chi connectivity index (χ3n) is 3.98. The number of benzene rings is 2. The molecule has 0 unspecified atom stereocenters. The molecule has 0 spiro atoms. The van der Waals surface area contributed by atoms with Crippen LogP contribution in [0.1, 0.15) is 16.8 Å². The Morgan fingerprint density at radius 2 is 1.93 bits per heavy atom. The molecule has 7 heteroatoms. The van der Waals surface area contributed by atoms with E-state index in [0.717, 1.165) is 5.56 Å². The Hall–Kier alpha value is -3.92. The number of pyridine rings is 1. The van der Waals surface area contributed by atoms with Crippen LogP contribution in [0.25, 0.3) is 11.1 Å². The summed E-state index contributed by atoms with van der Waals surface area (Å²) in [5.74, 6) is 0.118. The van der Waals surface area contributed by atoms with Crippen LogP contribution in [-0.2, 0) is 6.61 Å². The number of nitro groups is 1. The zero-order valence-corrected chi connectivity index (χ0v) is 14.4. The quantitative estimate of drug-likeness (QED) is 0.550. The summed E-state index contributed by atoms with van der Waals surface area (Å²) in [6.07, 6.45) is 0. The summed E-state index contributed by atoms with van der Waals surface area (Å²) in [6, 6.07) is 17.2. The van der Waals surface area contributed by atoms with E-state index < -0.39 is 10.5 Å². The van der Waals surface area contributed by atoms with Crippen molar-refractivity contribution in [2.45, 2.75) is 13.5 Å². The number of aromatic amines is 1. The standard InChI is InChI=1S/C20H15N3O4/c1-13-9-16(17(11-21)20(24)22-13)15-7-8-19(18(10-15)23(25)26)27-12-14-5-3-2-4-6-14/h2-10H,12H2,1H3,(H,22,24). The largest absolute Gasteiger partial charge is 0.482 e. The molecule has 2 aromatic carbocycles. The summed E-state index contributed by atoms with van der Waals surface area (Å²) < 4.78 is 5.60. The van der Waals surface area contributed by atoms with Crippen LogP contribution in [0.4, 0.5) is 5.69 Å². The highest BCUT2D eigenvalue weighted by Crippen LogP contribution is 2.33. The lowest BCUT2D eigenvalue weighted by atomic mass is 10.0. The lowest BCUT2D eigenvalue weighted by molar-refractivity contribution is -0.385. The van der Waals surface area contributed by atoms with Crippen molar-refractivity contribution in [3.63, 3.8) is 0 Å². The first-order valence-electron chi connectivity index (χ1n) is 8.09. The number of aryl methyl sites for hydroxylation is 1. The molecule has 0 aliphatic rings. The second-order valence-electron chi connectivity index (χ2n) is 5.90. The molecule has 1 aromatic heterocycles. The molecule has 0 radical (unpaired) electrons. The van der Waals surface area contributed by atoms with Gasteiger partial charge in [-0.1, -0.05) is 36.4 Å². The monoisotopic (exact) mass is 361 g/mol. The number of hydrogen-bond donors (Lipinski definition) is 1. The van der Waals surface area contributed by atoms with Crippen molar-refractivity contribution in [2.24, 2.45) is 0 Å². The Labute approximate surface area is 154 Å². The van der Waals surface area contributed by atoms with Gasteiger partial charge < -0.3 is 9.72 Å². The predicted molar refractivity (Wildman–Crippen MR) is 99.4 cm³/mol. The molecule has 0 aliphatic carbocycles. The van der Waals surface area contributed by atoms with Crippen LogP contribution in [0.5, 0.6) is 5.75 Å². The van der Waals surface area contributed by atoms with E-state index in [1.807, 2.05) is 36.4 Å². The van der Waals surface area contributed by atoms with Gasteiger partial charge >= 0.3 is 5.69 Å². The molecule has 1 heterocycles. The molecule has 134 valence electrons. The zero-order valence-electron chi connectivity index (χ0n) is 14.4. The minimum Gasteiger partial charge on any atom is -0.482 e. The first-order valence-corrected chi connectivity index (χ1v) is 8.09. The number of nitrogens with zero attached hydrogens (tertiary/aromatic N) is 2. The van der Waals surface area contributed by atoms with E-state index >= 15 is 0 Å². The van der Waals surface area contributed by atoms with Crippen LogP contribution >= 0.6 is 0 Å².